The number of hydrogen-bond donors (Lipinski definition) is 2. The van der Waals surface area contributed by atoms with E-state index in [1.165, 1.54) is 0 Å². The Morgan fingerprint density at radius 1 is 1.19 bits per heavy atom. The van der Waals surface area contributed by atoms with Gasteiger partial charge in [0.1, 0.15) is 28.2 Å². The fourth-order valence-electron chi connectivity index (χ4n) is 2.89. The highest BCUT2D eigenvalue weighted by Gasteiger charge is 2.26. The zero-order valence-corrected chi connectivity index (χ0v) is 15.2. The van der Waals surface area contributed by atoms with E-state index in [4.69, 9.17) is 11.6 Å². The summed E-state index contributed by atoms with van der Waals surface area (Å²) in [6, 6.07) is 5.41. The Morgan fingerprint density at radius 2 is 1.96 bits per heavy atom. The SMILES string of the molecule is Cc1c(-c2ccnc(Nc3ccnc(C4CC4)n3)c2)cnc(Cl)c1C(=O)O. The van der Waals surface area contributed by atoms with Crippen molar-refractivity contribution in [1.29, 1.82) is 0 Å². The number of carboxylic acids is 1. The summed E-state index contributed by atoms with van der Waals surface area (Å²) in [4.78, 5) is 28.6. The van der Waals surface area contributed by atoms with E-state index in [-0.39, 0.29) is 10.7 Å². The van der Waals surface area contributed by atoms with Gasteiger partial charge in [-0.05, 0) is 49.1 Å². The maximum absolute atomic E-state index is 11.5. The van der Waals surface area contributed by atoms with Crippen molar-refractivity contribution in [2.24, 2.45) is 0 Å². The summed E-state index contributed by atoms with van der Waals surface area (Å²) < 4.78 is 0. The molecule has 1 aliphatic rings. The third-order valence-electron chi connectivity index (χ3n) is 4.45. The molecule has 0 aromatic carbocycles. The van der Waals surface area contributed by atoms with Gasteiger partial charge in [0, 0.05) is 30.1 Å². The molecule has 3 aromatic heterocycles. The van der Waals surface area contributed by atoms with Gasteiger partial charge >= 0.3 is 5.97 Å². The lowest BCUT2D eigenvalue weighted by atomic mass is 10.00. The van der Waals surface area contributed by atoms with E-state index in [0.717, 1.165) is 24.2 Å². The minimum absolute atomic E-state index is 0.00497. The third-order valence-corrected chi connectivity index (χ3v) is 4.74. The van der Waals surface area contributed by atoms with Crippen LogP contribution in [-0.4, -0.2) is 31.0 Å². The summed E-state index contributed by atoms with van der Waals surface area (Å²) in [6.07, 6.45) is 7.21. The first-order chi connectivity index (χ1) is 13.0. The summed E-state index contributed by atoms with van der Waals surface area (Å²) in [5, 5.41) is 12.5. The molecular formula is C19H16ClN5O2. The van der Waals surface area contributed by atoms with Gasteiger partial charge in [-0.2, -0.15) is 0 Å². The number of aromatic nitrogens is 4. The first-order valence-electron chi connectivity index (χ1n) is 8.47. The monoisotopic (exact) mass is 381 g/mol. The number of carbonyl (C=O) groups is 1. The maximum Gasteiger partial charge on any atom is 0.339 e. The molecule has 8 heteroatoms. The number of anilines is 2. The summed E-state index contributed by atoms with van der Waals surface area (Å²) in [6.45, 7) is 1.71. The third kappa shape index (κ3) is 3.59. The van der Waals surface area contributed by atoms with Crippen LogP contribution in [0, 0.1) is 6.92 Å². The Hall–Kier alpha value is -3.06. The largest absolute Gasteiger partial charge is 0.478 e. The Bertz CT molecular complexity index is 1040. The van der Waals surface area contributed by atoms with Gasteiger partial charge in [0.05, 0.1) is 0 Å². The van der Waals surface area contributed by atoms with Gasteiger partial charge < -0.3 is 10.4 Å². The molecule has 2 N–H and O–H groups in total. The molecule has 1 saturated carbocycles. The number of pyridine rings is 2. The standard InChI is InChI=1S/C19H16ClN5O2/c1-10-13(9-23-17(20)16(10)19(26)27)12-4-6-21-15(8-12)24-14-5-7-22-18(25-14)11-2-3-11/h4-9,11H,2-3H2,1H3,(H,26,27)(H,21,22,24,25). The molecular weight excluding hydrogens is 366 g/mol. The molecule has 0 bridgehead atoms. The molecule has 4 rings (SSSR count). The Morgan fingerprint density at radius 3 is 2.70 bits per heavy atom. The van der Waals surface area contributed by atoms with Gasteiger partial charge in [0.2, 0.25) is 0 Å². The van der Waals surface area contributed by atoms with Gasteiger partial charge in [0.15, 0.2) is 0 Å². The number of hydrogen-bond acceptors (Lipinski definition) is 6. The van der Waals surface area contributed by atoms with Crippen molar-refractivity contribution in [2.75, 3.05) is 5.32 Å². The van der Waals surface area contributed by atoms with E-state index in [1.54, 1.807) is 37.6 Å². The van der Waals surface area contributed by atoms with E-state index in [0.29, 0.717) is 28.7 Å². The van der Waals surface area contributed by atoms with Crippen molar-refractivity contribution in [2.45, 2.75) is 25.7 Å². The molecule has 136 valence electrons. The molecule has 0 unspecified atom stereocenters. The minimum atomic E-state index is -1.10. The number of carboxylic acid groups (broad SMARTS) is 1. The smallest absolute Gasteiger partial charge is 0.339 e. The number of aromatic carboxylic acids is 1. The predicted molar refractivity (Wildman–Crippen MR) is 101 cm³/mol. The quantitative estimate of drug-likeness (QED) is 0.638. The average Bonchev–Trinajstić information content (AvgIpc) is 3.47. The van der Waals surface area contributed by atoms with E-state index < -0.39 is 5.97 Å². The molecule has 0 spiro atoms. The second kappa shape index (κ2) is 6.92. The van der Waals surface area contributed by atoms with Crippen LogP contribution in [0.3, 0.4) is 0 Å². The lowest BCUT2D eigenvalue weighted by Crippen LogP contribution is -2.04. The highest BCUT2D eigenvalue weighted by atomic mass is 35.5. The topological polar surface area (TPSA) is 101 Å². The number of nitrogens with one attached hydrogen (secondary N) is 1. The van der Waals surface area contributed by atoms with Crippen molar-refractivity contribution in [3.63, 3.8) is 0 Å². The Labute approximate surface area is 160 Å². The summed E-state index contributed by atoms with van der Waals surface area (Å²) >= 11 is 5.94. The minimum Gasteiger partial charge on any atom is -0.478 e. The molecule has 0 amide bonds. The molecule has 27 heavy (non-hydrogen) atoms. The zero-order valence-electron chi connectivity index (χ0n) is 14.5. The number of halogens is 1. The molecule has 0 aliphatic heterocycles. The maximum atomic E-state index is 11.5. The van der Waals surface area contributed by atoms with Crippen LogP contribution < -0.4 is 5.32 Å². The van der Waals surface area contributed by atoms with Gasteiger partial charge in [-0.25, -0.2) is 24.7 Å². The van der Waals surface area contributed by atoms with Crippen molar-refractivity contribution >= 4 is 29.2 Å². The lowest BCUT2D eigenvalue weighted by Gasteiger charge is -2.11. The van der Waals surface area contributed by atoms with Crippen molar-refractivity contribution in [1.82, 2.24) is 19.9 Å². The van der Waals surface area contributed by atoms with Crippen LogP contribution in [0.1, 0.15) is 40.5 Å². The van der Waals surface area contributed by atoms with Crippen LogP contribution in [-0.2, 0) is 0 Å². The van der Waals surface area contributed by atoms with Gasteiger partial charge in [-0.3, -0.25) is 0 Å². The number of rotatable bonds is 5. The van der Waals surface area contributed by atoms with E-state index in [1.807, 2.05) is 6.07 Å². The molecule has 1 fully saturated rings. The van der Waals surface area contributed by atoms with Gasteiger partial charge in [-0.1, -0.05) is 11.6 Å². The van der Waals surface area contributed by atoms with Crippen molar-refractivity contribution < 1.29 is 9.90 Å². The van der Waals surface area contributed by atoms with Crippen LogP contribution >= 0.6 is 11.6 Å². The molecule has 3 heterocycles. The molecule has 7 nitrogen and oxygen atoms in total. The Kier molecular flexibility index (Phi) is 4.45. The fourth-order valence-corrected chi connectivity index (χ4v) is 3.16. The first-order valence-corrected chi connectivity index (χ1v) is 8.85. The normalized spacial score (nSPS) is 13.4. The van der Waals surface area contributed by atoms with Crippen LogP contribution in [0.15, 0.2) is 36.8 Å². The predicted octanol–water partition coefficient (Wildman–Crippen LogP) is 4.21. The fraction of sp³-hybridized carbons (Fsp3) is 0.211. The summed E-state index contributed by atoms with van der Waals surface area (Å²) in [5.41, 5.74) is 2.03. The number of nitrogens with zero attached hydrogens (tertiary/aromatic N) is 4. The second-order valence-corrected chi connectivity index (χ2v) is 6.75. The van der Waals surface area contributed by atoms with Gasteiger partial charge in [0.25, 0.3) is 0 Å². The zero-order chi connectivity index (χ0) is 19.0. The van der Waals surface area contributed by atoms with E-state index in [2.05, 4.69) is 25.3 Å². The summed E-state index contributed by atoms with van der Waals surface area (Å²) in [5.74, 6) is 1.48. The second-order valence-electron chi connectivity index (χ2n) is 6.40. The van der Waals surface area contributed by atoms with Crippen molar-refractivity contribution in [3.05, 3.63) is 58.9 Å². The Balaban J connectivity index is 1.66. The van der Waals surface area contributed by atoms with Crippen LogP contribution in [0.5, 0.6) is 0 Å². The van der Waals surface area contributed by atoms with Crippen LogP contribution in [0.4, 0.5) is 11.6 Å². The van der Waals surface area contributed by atoms with Gasteiger partial charge in [-0.15, -0.1) is 0 Å². The van der Waals surface area contributed by atoms with E-state index >= 15 is 0 Å². The molecule has 3 aromatic rings. The molecule has 0 atom stereocenters. The first kappa shape index (κ1) is 17.4. The molecule has 0 radical (unpaired) electrons. The van der Waals surface area contributed by atoms with Crippen LogP contribution in [0.25, 0.3) is 11.1 Å². The van der Waals surface area contributed by atoms with Crippen LogP contribution in [0.2, 0.25) is 5.15 Å². The average molecular weight is 382 g/mol. The van der Waals surface area contributed by atoms with E-state index in [9.17, 15) is 9.90 Å². The van der Waals surface area contributed by atoms with Crippen molar-refractivity contribution in [3.8, 4) is 11.1 Å². The molecule has 1 aliphatic carbocycles. The highest BCUT2D eigenvalue weighted by Crippen LogP contribution is 2.38. The summed E-state index contributed by atoms with van der Waals surface area (Å²) in [7, 11) is 0. The highest BCUT2D eigenvalue weighted by molar-refractivity contribution is 6.32. The molecule has 0 saturated heterocycles. The lowest BCUT2D eigenvalue weighted by molar-refractivity contribution is 0.0696.